The number of hydrogen-bond acceptors (Lipinski definition) is 6. The molecule has 0 amide bonds. The summed E-state index contributed by atoms with van der Waals surface area (Å²) in [6, 6.07) is 5.32. The maximum Gasteiger partial charge on any atom is 0.164 e. The van der Waals surface area contributed by atoms with Crippen molar-refractivity contribution in [2.24, 2.45) is 0 Å². The first kappa shape index (κ1) is 18.3. The van der Waals surface area contributed by atoms with Crippen LogP contribution in [0.3, 0.4) is 0 Å². The number of fused-ring (bicyclic) bond motifs is 1. The van der Waals surface area contributed by atoms with E-state index in [1.807, 2.05) is 0 Å². The van der Waals surface area contributed by atoms with Crippen molar-refractivity contribution in [3.05, 3.63) is 27.7 Å². The maximum absolute atomic E-state index is 10.4. The number of aliphatic hydroxyl groups excluding tert-OH is 3. The molecule has 1 aliphatic heterocycles. The molecule has 2 heterocycles. The zero-order valence-corrected chi connectivity index (χ0v) is 15.0. The molecule has 1 aromatic carbocycles. The molecule has 0 spiro atoms. The van der Waals surface area contributed by atoms with Gasteiger partial charge in [0.2, 0.25) is 0 Å². The number of aromatic nitrogens is 1. The second kappa shape index (κ2) is 6.65. The van der Waals surface area contributed by atoms with Crippen molar-refractivity contribution in [3.63, 3.8) is 0 Å². The first-order valence-corrected chi connectivity index (χ1v) is 8.30. The van der Waals surface area contributed by atoms with Gasteiger partial charge < -0.3 is 25.0 Å². The van der Waals surface area contributed by atoms with Crippen LogP contribution in [0.1, 0.15) is 11.8 Å². The van der Waals surface area contributed by atoms with Crippen LogP contribution in [0.5, 0.6) is 0 Å². The molecule has 1 aliphatic rings. The van der Waals surface area contributed by atoms with Gasteiger partial charge in [-0.1, -0.05) is 23.2 Å². The Hall–Kier alpha value is -1.53. The van der Waals surface area contributed by atoms with Crippen LogP contribution in [0.25, 0.3) is 10.9 Å². The second-order valence-electron chi connectivity index (χ2n) is 6.09. The number of halogens is 2. The summed E-state index contributed by atoms with van der Waals surface area (Å²) in [5.74, 6) is 0.477. The highest BCUT2D eigenvalue weighted by Gasteiger charge is 2.45. The number of aliphatic hydroxyl groups is 3. The van der Waals surface area contributed by atoms with Crippen molar-refractivity contribution >= 4 is 39.9 Å². The summed E-state index contributed by atoms with van der Waals surface area (Å²) in [6.45, 7) is -0.442. The SMILES string of the molecule is CN(C)c1c(C#N)c2cc(Cl)c(Cl)cc2n1[C@@H]1O[C@H](CO)C(O)C1O. The third kappa shape index (κ3) is 2.75. The van der Waals surface area contributed by atoms with Gasteiger partial charge in [0.25, 0.3) is 0 Å². The van der Waals surface area contributed by atoms with E-state index in [2.05, 4.69) is 6.07 Å². The summed E-state index contributed by atoms with van der Waals surface area (Å²) >= 11 is 12.2. The van der Waals surface area contributed by atoms with Crippen molar-refractivity contribution in [1.82, 2.24) is 4.57 Å². The van der Waals surface area contributed by atoms with Gasteiger partial charge in [-0.05, 0) is 12.1 Å². The molecule has 0 aliphatic carbocycles. The van der Waals surface area contributed by atoms with Gasteiger partial charge in [-0.15, -0.1) is 0 Å². The van der Waals surface area contributed by atoms with Crippen LogP contribution in [0, 0.1) is 11.3 Å². The van der Waals surface area contributed by atoms with Gasteiger partial charge in [-0.2, -0.15) is 5.26 Å². The predicted molar refractivity (Wildman–Crippen MR) is 94.0 cm³/mol. The fourth-order valence-corrected chi connectivity index (χ4v) is 3.51. The van der Waals surface area contributed by atoms with Crippen molar-refractivity contribution in [3.8, 4) is 6.07 Å². The number of ether oxygens (including phenoxy) is 1. The molecule has 134 valence electrons. The molecule has 3 N–H and O–H groups in total. The molecule has 1 saturated heterocycles. The van der Waals surface area contributed by atoms with Gasteiger partial charge in [0.05, 0.1) is 22.2 Å². The maximum atomic E-state index is 10.4. The largest absolute Gasteiger partial charge is 0.394 e. The van der Waals surface area contributed by atoms with E-state index in [1.165, 1.54) is 0 Å². The van der Waals surface area contributed by atoms with Gasteiger partial charge in [0.1, 0.15) is 35.8 Å². The number of hydrogen-bond donors (Lipinski definition) is 3. The molecule has 2 unspecified atom stereocenters. The van der Waals surface area contributed by atoms with E-state index in [4.69, 9.17) is 27.9 Å². The minimum absolute atomic E-state index is 0.287. The topological polar surface area (TPSA) is 102 Å². The summed E-state index contributed by atoms with van der Waals surface area (Å²) in [5.41, 5.74) is 0.876. The number of nitriles is 1. The zero-order chi connectivity index (χ0) is 18.5. The van der Waals surface area contributed by atoms with E-state index in [-0.39, 0.29) is 5.02 Å². The van der Waals surface area contributed by atoms with E-state index in [9.17, 15) is 20.6 Å². The molecule has 9 heteroatoms. The smallest absolute Gasteiger partial charge is 0.164 e. The summed E-state index contributed by atoms with van der Waals surface area (Å²) in [6.07, 6.45) is -4.46. The molecule has 0 saturated carbocycles. The normalized spacial score (nSPS) is 26.2. The molecule has 1 aromatic heterocycles. The average Bonchev–Trinajstić information content (AvgIpc) is 3.03. The molecule has 3 rings (SSSR count). The highest BCUT2D eigenvalue weighted by atomic mass is 35.5. The van der Waals surface area contributed by atoms with E-state index < -0.39 is 31.1 Å². The molecule has 1 fully saturated rings. The highest BCUT2D eigenvalue weighted by molar-refractivity contribution is 6.42. The van der Waals surface area contributed by atoms with Crippen molar-refractivity contribution in [2.45, 2.75) is 24.5 Å². The molecule has 7 nitrogen and oxygen atoms in total. The minimum atomic E-state index is -1.28. The Bertz CT molecular complexity index is 861. The zero-order valence-electron chi connectivity index (χ0n) is 13.5. The van der Waals surface area contributed by atoms with Crippen LogP contribution in [0.2, 0.25) is 10.0 Å². The fourth-order valence-electron chi connectivity index (χ4n) is 3.19. The van der Waals surface area contributed by atoms with Crippen LogP contribution in [-0.4, -0.2) is 58.9 Å². The lowest BCUT2D eigenvalue weighted by Gasteiger charge is -2.24. The summed E-state index contributed by atoms with van der Waals surface area (Å²) in [5, 5.41) is 40.6. The Labute approximate surface area is 154 Å². The van der Waals surface area contributed by atoms with Gasteiger partial charge in [-0.3, -0.25) is 4.57 Å². The monoisotopic (exact) mass is 385 g/mol. The van der Waals surface area contributed by atoms with Crippen molar-refractivity contribution < 1.29 is 20.1 Å². The summed E-state index contributed by atoms with van der Waals surface area (Å²) in [4.78, 5) is 1.70. The lowest BCUT2D eigenvalue weighted by molar-refractivity contribution is -0.0499. The Morgan fingerprint density at radius 2 is 1.88 bits per heavy atom. The van der Waals surface area contributed by atoms with Crippen LogP contribution in [0.15, 0.2) is 12.1 Å². The number of nitrogens with zero attached hydrogens (tertiary/aromatic N) is 3. The lowest BCUT2D eigenvalue weighted by atomic mass is 10.1. The minimum Gasteiger partial charge on any atom is -0.394 e. The van der Waals surface area contributed by atoms with E-state index in [1.54, 1.807) is 35.7 Å². The van der Waals surface area contributed by atoms with Crippen LogP contribution in [0.4, 0.5) is 5.82 Å². The lowest BCUT2D eigenvalue weighted by Crippen LogP contribution is -2.33. The number of benzene rings is 1. The molecule has 25 heavy (non-hydrogen) atoms. The van der Waals surface area contributed by atoms with Crippen molar-refractivity contribution in [1.29, 1.82) is 5.26 Å². The van der Waals surface area contributed by atoms with Gasteiger partial charge in [0, 0.05) is 19.5 Å². The fraction of sp³-hybridized carbons (Fsp3) is 0.438. The number of anilines is 1. The average molecular weight is 386 g/mol. The van der Waals surface area contributed by atoms with Crippen LogP contribution >= 0.6 is 23.2 Å². The van der Waals surface area contributed by atoms with E-state index in [0.717, 1.165) is 0 Å². The molecule has 0 radical (unpaired) electrons. The van der Waals surface area contributed by atoms with E-state index >= 15 is 0 Å². The standard InChI is InChI=1S/C16H17Cl2N3O4/c1-20(2)15-8(5-19)7-3-9(17)10(18)4-11(7)21(15)16-14(24)13(23)12(6-22)25-16/h3-4,12-14,16,22-24H,6H2,1-2H3/t12-,13?,14?,16-/m1/s1. The van der Waals surface area contributed by atoms with Gasteiger partial charge >= 0.3 is 0 Å². The van der Waals surface area contributed by atoms with Crippen LogP contribution in [-0.2, 0) is 4.74 Å². The third-order valence-corrected chi connectivity index (χ3v) is 5.05. The van der Waals surface area contributed by atoms with Crippen LogP contribution < -0.4 is 4.90 Å². The molecular weight excluding hydrogens is 369 g/mol. The first-order valence-electron chi connectivity index (χ1n) is 7.54. The quantitative estimate of drug-likeness (QED) is 0.739. The third-order valence-electron chi connectivity index (χ3n) is 4.33. The Morgan fingerprint density at radius 1 is 1.24 bits per heavy atom. The Morgan fingerprint density at radius 3 is 2.40 bits per heavy atom. The predicted octanol–water partition coefficient (Wildman–Crippen LogP) is 1.50. The Balaban J connectivity index is 2.32. The molecular formula is C16H17Cl2N3O4. The highest BCUT2D eigenvalue weighted by Crippen LogP contribution is 2.42. The van der Waals surface area contributed by atoms with Gasteiger partial charge in [-0.25, -0.2) is 0 Å². The molecule has 2 aromatic rings. The molecule has 0 bridgehead atoms. The summed E-state index contributed by atoms with van der Waals surface area (Å²) in [7, 11) is 3.49. The molecule has 4 atom stereocenters. The first-order chi connectivity index (χ1) is 11.8. The number of rotatable bonds is 3. The second-order valence-corrected chi connectivity index (χ2v) is 6.90. The van der Waals surface area contributed by atoms with E-state index in [0.29, 0.717) is 27.3 Å². The Kier molecular flexibility index (Phi) is 4.86. The van der Waals surface area contributed by atoms with Crippen molar-refractivity contribution in [2.75, 3.05) is 25.6 Å². The van der Waals surface area contributed by atoms with Gasteiger partial charge in [0.15, 0.2) is 6.23 Å². The summed E-state index contributed by atoms with van der Waals surface area (Å²) < 4.78 is 7.25.